The fourth-order valence-electron chi connectivity index (χ4n) is 0. The van der Waals surface area contributed by atoms with Crippen molar-refractivity contribution in [3.8, 4) is 0 Å². The molecule has 0 aliphatic carbocycles. The maximum atomic E-state index is 10.3. The van der Waals surface area contributed by atoms with Gasteiger partial charge in [-0.15, -0.1) is 0 Å². The molecule has 3 heteroatoms. The molecule has 0 aliphatic heterocycles. The summed E-state index contributed by atoms with van der Waals surface area (Å²) in [5, 5.41) is 0. The molecule has 0 rings (SSSR count). The Morgan fingerprint density at radius 3 is 1.09 bits per heavy atom. The third-order valence-electron chi connectivity index (χ3n) is 1.33. The Bertz CT molecular complexity index is 43.4. The van der Waals surface area contributed by atoms with Crippen LogP contribution >= 0.6 is 0 Å². The van der Waals surface area contributed by atoms with Crippen molar-refractivity contribution in [3.63, 3.8) is 0 Å². The average Bonchev–Trinajstić information content (AvgIpc) is 1.68. The predicted octanol–water partition coefficient (Wildman–Crippen LogP) is 2.79. The first-order valence-electron chi connectivity index (χ1n) is 3.62. The van der Waals surface area contributed by atoms with Crippen LogP contribution in [0.1, 0.15) is 34.6 Å². The third-order valence-corrected chi connectivity index (χ3v) is 1.33. The van der Waals surface area contributed by atoms with Crippen LogP contribution < -0.4 is 6.15 Å². The number of alkyl halides is 1. The number of hydrogen-bond donors (Lipinski definition) is 1. The summed E-state index contributed by atoms with van der Waals surface area (Å²) in [6, 6.07) is 0. The monoisotopic (exact) mass is 285 g/mol. The normalized spacial score (nSPS) is 7.64. The predicted molar refractivity (Wildman–Crippen MR) is 53.5 cm³/mol. The second kappa shape index (κ2) is 17.9. The zero-order valence-corrected chi connectivity index (χ0v) is 7.95. The number of rotatable bonds is 1. The summed E-state index contributed by atoms with van der Waals surface area (Å²) in [4.78, 5) is 0. The van der Waals surface area contributed by atoms with Crippen molar-refractivity contribution in [1.82, 2.24) is 6.15 Å². The van der Waals surface area contributed by atoms with Crippen molar-refractivity contribution in [2.45, 2.75) is 34.6 Å². The van der Waals surface area contributed by atoms with E-state index in [1.807, 2.05) is 0 Å². The van der Waals surface area contributed by atoms with Crippen LogP contribution in [0.15, 0.2) is 0 Å². The van der Waals surface area contributed by atoms with E-state index in [-0.39, 0.29) is 81.7 Å². The minimum atomic E-state index is -0.250. The van der Waals surface area contributed by atoms with Gasteiger partial charge in [0.1, 0.15) is 0 Å². The number of hydrogen-bond acceptors (Lipinski definition) is 1. The van der Waals surface area contributed by atoms with Crippen LogP contribution in [0.2, 0.25) is 0 Å². The Morgan fingerprint density at radius 2 is 1.09 bits per heavy atom. The van der Waals surface area contributed by atoms with Crippen LogP contribution in [0.5, 0.6) is 0 Å². The first-order valence-corrected chi connectivity index (χ1v) is 3.62. The van der Waals surface area contributed by atoms with Crippen LogP contribution in [0.25, 0.3) is 0 Å². The van der Waals surface area contributed by atoms with Crippen molar-refractivity contribution in [3.05, 3.63) is 0 Å². The molecule has 0 aromatic carbocycles. The Labute approximate surface area is 130 Å². The molecule has 0 spiro atoms. The Kier molecular flexibility index (Phi) is 37.5. The molecule has 11 heavy (non-hydrogen) atoms. The summed E-state index contributed by atoms with van der Waals surface area (Å²) in [7, 11) is 0. The van der Waals surface area contributed by atoms with Gasteiger partial charge in [-0.3, -0.25) is 4.39 Å². The number of halogens is 1. The van der Waals surface area contributed by atoms with Crippen molar-refractivity contribution in [1.29, 1.82) is 0 Å². The molecule has 0 saturated heterocycles. The van der Waals surface area contributed by atoms with Gasteiger partial charge in [-0.1, -0.05) is 27.7 Å². The van der Waals surface area contributed by atoms with Gasteiger partial charge in [0.2, 0.25) is 0 Å². The van der Waals surface area contributed by atoms with Gasteiger partial charge < -0.3 is 6.15 Å². The molecule has 0 atom stereocenters. The van der Waals surface area contributed by atoms with Gasteiger partial charge in [-0.2, -0.15) is 0 Å². The Morgan fingerprint density at radius 1 is 1.00 bits per heavy atom. The topological polar surface area (TPSA) is 35.0 Å². The van der Waals surface area contributed by atoms with Crippen molar-refractivity contribution < 1.29 is 4.39 Å². The molecule has 68 valence electrons. The molecule has 0 bridgehead atoms. The van der Waals surface area contributed by atoms with Crippen LogP contribution in [-0.4, -0.2) is 75.6 Å². The van der Waals surface area contributed by atoms with E-state index in [0.717, 1.165) is 11.8 Å². The van der Waals surface area contributed by atoms with Crippen molar-refractivity contribution in [2.75, 3.05) is 6.67 Å². The SMILES string of the molecule is CC(C)C(C)C.CCF.N.[CsH]. The molecule has 0 amide bonds. The summed E-state index contributed by atoms with van der Waals surface area (Å²) >= 11 is 0. The zero-order valence-electron chi connectivity index (χ0n) is 7.95. The third kappa shape index (κ3) is 33.4. The summed E-state index contributed by atoms with van der Waals surface area (Å²) in [5.41, 5.74) is 0. The van der Waals surface area contributed by atoms with Gasteiger partial charge in [0.15, 0.2) is 0 Å². The summed E-state index contributed by atoms with van der Waals surface area (Å²) in [6.45, 7) is 10.2. The van der Waals surface area contributed by atoms with Gasteiger partial charge in [0, 0.05) is 0 Å². The molecule has 0 aromatic heterocycles. The fourth-order valence-corrected chi connectivity index (χ4v) is 0. The molecule has 3 N–H and O–H groups in total. The summed E-state index contributed by atoms with van der Waals surface area (Å²) in [6.07, 6.45) is 0. The van der Waals surface area contributed by atoms with Gasteiger partial charge in [0.05, 0.1) is 6.67 Å². The standard InChI is InChI=1S/C6H14.C2H5F.Cs.H3N.H/c1-5(2)6(3)4;1-2-3;;;/h5-6H,1-4H3;2H2,1H3;;1H3;. The van der Waals surface area contributed by atoms with Gasteiger partial charge in [-0.25, -0.2) is 0 Å². The summed E-state index contributed by atoms with van der Waals surface area (Å²) < 4.78 is 10.3. The zero-order chi connectivity index (χ0) is 7.86. The maximum absolute atomic E-state index is 10.3. The van der Waals surface area contributed by atoms with E-state index in [4.69, 9.17) is 0 Å². The molecule has 0 heterocycles. The quantitative estimate of drug-likeness (QED) is 0.790. The molecule has 0 unspecified atom stereocenters. The molecular formula is C8H23CsFN. The van der Waals surface area contributed by atoms with Crippen LogP contribution in [0, 0.1) is 11.8 Å². The molecule has 0 saturated carbocycles. The van der Waals surface area contributed by atoms with Crippen molar-refractivity contribution in [2.24, 2.45) is 11.8 Å². The molecule has 0 fully saturated rings. The molecular weight excluding hydrogens is 262 g/mol. The van der Waals surface area contributed by atoms with Crippen LogP contribution in [0.4, 0.5) is 4.39 Å². The minimum absolute atomic E-state index is 0. The molecule has 0 aliphatic rings. The molecule has 1 nitrogen and oxygen atoms in total. The second-order valence-electron chi connectivity index (χ2n) is 2.76. The van der Waals surface area contributed by atoms with E-state index in [9.17, 15) is 4.39 Å². The van der Waals surface area contributed by atoms with Gasteiger partial charge in [-0.05, 0) is 18.8 Å². The van der Waals surface area contributed by atoms with Gasteiger partial charge in [0.25, 0.3) is 0 Å². The van der Waals surface area contributed by atoms with E-state index in [2.05, 4.69) is 27.7 Å². The fraction of sp³-hybridized carbons (Fsp3) is 1.00. The van der Waals surface area contributed by atoms with Crippen LogP contribution in [0.3, 0.4) is 0 Å². The molecule has 0 radical (unpaired) electrons. The van der Waals surface area contributed by atoms with E-state index in [1.165, 1.54) is 6.92 Å². The Hall–Kier alpha value is 1.94. The van der Waals surface area contributed by atoms with E-state index >= 15 is 0 Å². The summed E-state index contributed by atoms with van der Waals surface area (Å²) in [5.74, 6) is 1.70. The van der Waals surface area contributed by atoms with Crippen LogP contribution in [-0.2, 0) is 0 Å². The first kappa shape index (κ1) is 23.1. The van der Waals surface area contributed by atoms with E-state index in [1.54, 1.807) is 0 Å². The van der Waals surface area contributed by atoms with E-state index < -0.39 is 0 Å². The first-order chi connectivity index (χ1) is 4.06. The van der Waals surface area contributed by atoms with E-state index in [0.29, 0.717) is 0 Å². The second-order valence-corrected chi connectivity index (χ2v) is 2.76. The Balaban J connectivity index is -0.0000000437. The van der Waals surface area contributed by atoms with Gasteiger partial charge >= 0.3 is 68.9 Å². The van der Waals surface area contributed by atoms with Crippen molar-refractivity contribution >= 4 is 68.9 Å². The average molecular weight is 285 g/mol. The molecule has 0 aromatic rings.